The Morgan fingerprint density at radius 2 is 2.00 bits per heavy atom. The van der Waals surface area contributed by atoms with E-state index in [0.717, 1.165) is 0 Å². The first-order valence-corrected chi connectivity index (χ1v) is 7.52. The highest BCUT2D eigenvalue weighted by atomic mass is 32.2. The second-order valence-corrected chi connectivity index (χ2v) is 6.13. The number of sulfonamides is 1. The molecule has 0 aliphatic rings. The highest BCUT2D eigenvalue weighted by molar-refractivity contribution is 7.89. The lowest BCUT2D eigenvalue weighted by atomic mass is 10.2. The van der Waals surface area contributed by atoms with Crippen molar-refractivity contribution >= 4 is 10.0 Å². The van der Waals surface area contributed by atoms with E-state index in [-0.39, 0.29) is 23.3 Å². The molecule has 0 radical (unpaired) electrons. The van der Waals surface area contributed by atoms with Crippen molar-refractivity contribution in [3.8, 4) is 0 Å². The highest BCUT2D eigenvalue weighted by Gasteiger charge is 2.27. The summed E-state index contributed by atoms with van der Waals surface area (Å²) >= 11 is 0. The van der Waals surface area contributed by atoms with Gasteiger partial charge in [-0.2, -0.15) is 0 Å². The Kier molecular flexibility index (Phi) is 5.54. The van der Waals surface area contributed by atoms with E-state index in [4.69, 9.17) is 9.15 Å². The third-order valence-corrected chi connectivity index (χ3v) is 4.65. The van der Waals surface area contributed by atoms with Crippen LogP contribution in [0.15, 0.2) is 9.31 Å². The summed E-state index contributed by atoms with van der Waals surface area (Å²) in [6.07, 6.45) is 0.570. The number of aliphatic hydroxyl groups is 1. The van der Waals surface area contributed by atoms with Crippen molar-refractivity contribution in [2.75, 3.05) is 13.7 Å². The van der Waals surface area contributed by atoms with Crippen molar-refractivity contribution in [2.45, 2.75) is 44.7 Å². The van der Waals surface area contributed by atoms with E-state index < -0.39 is 10.0 Å². The monoisotopic (exact) mass is 291 g/mol. The minimum absolute atomic E-state index is 0.0387. The van der Waals surface area contributed by atoms with Gasteiger partial charge in [0.15, 0.2) is 0 Å². The Morgan fingerprint density at radius 1 is 1.37 bits per heavy atom. The summed E-state index contributed by atoms with van der Waals surface area (Å²) in [5.74, 6) is 0.706. The van der Waals surface area contributed by atoms with Gasteiger partial charge in [-0.1, -0.05) is 0 Å². The first kappa shape index (κ1) is 16.2. The number of nitrogens with one attached hydrogen (secondary N) is 1. The van der Waals surface area contributed by atoms with Crippen LogP contribution in [0, 0.1) is 13.8 Å². The lowest BCUT2D eigenvalue weighted by molar-refractivity contribution is 0.188. The molecule has 0 spiro atoms. The number of hydrogen-bond donors (Lipinski definition) is 2. The SMILES string of the molecule is COCCC(C)NS(=O)(=O)c1c(C)oc(C)c1CO. The maximum atomic E-state index is 12.3. The van der Waals surface area contributed by atoms with Crippen molar-refractivity contribution in [3.63, 3.8) is 0 Å². The molecule has 19 heavy (non-hydrogen) atoms. The molecular formula is C12H21NO5S. The van der Waals surface area contributed by atoms with Crippen LogP contribution in [-0.2, 0) is 21.4 Å². The molecule has 0 amide bonds. The topological polar surface area (TPSA) is 88.8 Å². The fourth-order valence-electron chi connectivity index (χ4n) is 1.92. The molecule has 0 aliphatic carbocycles. The van der Waals surface area contributed by atoms with Gasteiger partial charge in [-0.25, -0.2) is 13.1 Å². The molecule has 7 heteroatoms. The van der Waals surface area contributed by atoms with Crippen molar-refractivity contribution < 1.29 is 22.7 Å². The van der Waals surface area contributed by atoms with Gasteiger partial charge in [0.2, 0.25) is 10.0 Å². The molecule has 1 rings (SSSR count). The lowest BCUT2D eigenvalue weighted by Crippen LogP contribution is -2.34. The summed E-state index contributed by atoms with van der Waals surface area (Å²) in [5, 5.41) is 9.28. The van der Waals surface area contributed by atoms with E-state index in [9.17, 15) is 13.5 Å². The van der Waals surface area contributed by atoms with Crippen LogP contribution >= 0.6 is 0 Å². The van der Waals surface area contributed by atoms with Gasteiger partial charge in [0.1, 0.15) is 16.4 Å². The molecule has 1 atom stereocenters. The second kappa shape index (κ2) is 6.51. The molecule has 0 fully saturated rings. The van der Waals surface area contributed by atoms with Crippen LogP contribution < -0.4 is 4.72 Å². The van der Waals surface area contributed by atoms with Gasteiger partial charge in [-0.15, -0.1) is 0 Å². The normalized spacial score (nSPS) is 13.7. The number of methoxy groups -OCH3 is 1. The van der Waals surface area contributed by atoms with Crippen LogP contribution in [0.2, 0.25) is 0 Å². The number of hydrogen-bond acceptors (Lipinski definition) is 5. The largest absolute Gasteiger partial charge is 0.465 e. The molecule has 0 saturated carbocycles. The van der Waals surface area contributed by atoms with Crippen LogP contribution in [0.25, 0.3) is 0 Å². The van der Waals surface area contributed by atoms with Crippen LogP contribution in [0.3, 0.4) is 0 Å². The lowest BCUT2D eigenvalue weighted by Gasteiger charge is -2.14. The molecule has 6 nitrogen and oxygen atoms in total. The zero-order chi connectivity index (χ0) is 14.6. The van der Waals surface area contributed by atoms with Crippen molar-refractivity contribution in [1.82, 2.24) is 4.72 Å². The number of aliphatic hydroxyl groups excluding tert-OH is 1. The maximum Gasteiger partial charge on any atom is 0.244 e. The van der Waals surface area contributed by atoms with E-state index >= 15 is 0 Å². The molecule has 1 aromatic heterocycles. The zero-order valence-corrected chi connectivity index (χ0v) is 12.5. The fourth-order valence-corrected chi connectivity index (χ4v) is 3.64. The zero-order valence-electron chi connectivity index (χ0n) is 11.7. The van der Waals surface area contributed by atoms with Crippen molar-refractivity contribution in [2.24, 2.45) is 0 Å². The summed E-state index contributed by atoms with van der Waals surface area (Å²) in [6, 6.07) is -0.258. The summed E-state index contributed by atoms with van der Waals surface area (Å²) < 4.78 is 37.3. The Morgan fingerprint density at radius 3 is 2.53 bits per heavy atom. The van der Waals surface area contributed by atoms with E-state index in [0.29, 0.717) is 24.4 Å². The summed E-state index contributed by atoms with van der Waals surface area (Å²) in [6.45, 7) is 5.07. The Bertz CT molecular complexity index is 520. The first-order chi connectivity index (χ1) is 8.83. The molecule has 0 bridgehead atoms. The van der Waals surface area contributed by atoms with Crippen LogP contribution in [-0.4, -0.2) is 33.3 Å². The van der Waals surface area contributed by atoms with Gasteiger partial charge >= 0.3 is 0 Å². The summed E-state index contributed by atoms with van der Waals surface area (Å²) in [5.41, 5.74) is 0.309. The Hall–Kier alpha value is -0.890. The summed E-state index contributed by atoms with van der Waals surface area (Å²) in [4.78, 5) is 0.0387. The number of aryl methyl sites for hydroxylation is 2. The minimum atomic E-state index is -3.70. The van der Waals surface area contributed by atoms with Gasteiger partial charge in [0, 0.05) is 25.3 Å². The average molecular weight is 291 g/mol. The predicted molar refractivity (Wildman–Crippen MR) is 70.4 cm³/mol. The van der Waals surface area contributed by atoms with E-state index in [1.54, 1.807) is 27.9 Å². The van der Waals surface area contributed by atoms with Crippen LogP contribution in [0.4, 0.5) is 0 Å². The van der Waals surface area contributed by atoms with Crippen molar-refractivity contribution in [1.29, 1.82) is 0 Å². The Balaban J connectivity index is 3.01. The van der Waals surface area contributed by atoms with Gasteiger partial charge in [0.25, 0.3) is 0 Å². The minimum Gasteiger partial charge on any atom is -0.465 e. The molecular weight excluding hydrogens is 270 g/mol. The number of furan rings is 1. The van der Waals surface area contributed by atoms with Gasteiger partial charge in [-0.3, -0.25) is 0 Å². The Labute approximate surface area is 113 Å². The third-order valence-electron chi connectivity index (χ3n) is 2.86. The quantitative estimate of drug-likeness (QED) is 0.785. The molecule has 0 aromatic carbocycles. The standard InChI is InChI=1S/C12H21NO5S/c1-8(5-6-17-4)13-19(15,16)12-10(3)18-9(2)11(12)7-14/h8,13-14H,5-7H2,1-4H3. The van der Waals surface area contributed by atoms with E-state index in [1.165, 1.54) is 0 Å². The molecule has 0 saturated heterocycles. The molecule has 1 heterocycles. The van der Waals surface area contributed by atoms with Crippen molar-refractivity contribution in [3.05, 3.63) is 17.1 Å². The maximum absolute atomic E-state index is 12.3. The third kappa shape index (κ3) is 3.79. The number of rotatable bonds is 7. The molecule has 2 N–H and O–H groups in total. The number of ether oxygens (including phenoxy) is 1. The van der Waals surface area contributed by atoms with E-state index in [2.05, 4.69) is 4.72 Å². The smallest absolute Gasteiger partial charge is 0.244 e. The average Bonchev–Trinajstić information content (AvgIpc) is 2.60. The van der Waals surface area contributed by atoms with Crippen LogP contribution in [0.5, 0.6) is 0 Å². The fraction of sp³-hybridized carbons (Fsp3) is 0.667. The van der Waals surface area contributed by atoms with E-state index in [1.807, 2.05) is 0 Å². The van der Waals surface area contributed by atoms with Gasteiger partial charge < -0.3 is 14.3 Å². The molecule has 0 aliphatic heterocycles. The van der Waals surface area contributed by atoms with Crippen LogP contribution in [0.1, 0.15) is 30.4 Å². The molecule has 110 valence electrons. The summed E-state index contributed by atoms with van der Waals surface area (Å²) in [7, 11) is -2.14. The highest BCUT2D eigenvalue weighted by Crippen LogP contribution is 2.26. The second-order valence-electron chi connectivity index (χ2n) is 4.48. The molecule has 1 unspecified atom stereocenters. The van der Waals surface area contributed by atoms with Gasteiger partial charge in [-0.05, 0) is 27.2 Å². The molecule has 1 aromatic rings. The van der Waals surface area contributed by atoms with Gasteiger partial charge in [0.05, 0.1) is 6.61 Å². The predicted octanol–water partition coefficient (Wildman–Crippen LogP) is 1.09. The first-order valence-electron chi connectivity index (χ1n) is 6.04.